The third-order valence-corrected chi connectivity index (χ3v) is 6.70. The molecule has 0 N–H and O–H groups in total. The third kappa shape index (κ3) is 8.35. The Bertz CT molecular complexity index is 1880. The van der Waals surface area contributed by atoms with Gasteiger partial charge in [0, 0.05) is 39.1 Å². The van der Waals surface area contributed by atoms with Gasteiger partial charge in [-0.15, -0.1) is 35.6 Å². The summed E-state index contributed by atoms with van der Waals surface area (Å²) in [7, 11) is 2.00. The topological polar surface area (TPSA) is 27.5 Å². The monoisotopic (exact) mass is 954 g/mol. The zero-order chi connectivity index (χ0) is 30.1. The van der Waals surface area contributed by atoms with Crippen molar-refractivity contribution >= 4 is 22.7 Å². The van der Waals surface area contributed by atoms with Crippen LogP contribution in [0.1, 0.15) is 0 Å². The van der Waals surface area contributed by atoms with Gasteiger partial charge in [0.05, 0.1) is 0 Å². The number of pyridine rings is 1. The fourth-order valence-corrected chi connectivity index (χ4v) is 4.61. The van der Waals surface area contributed by atoms with Crippen molar-refractivity contribution in [1.82, 2.24) is 14.5 Å². The van der Waals surface area contributed by atoms with Crippen molar-refractivity contribution < 1.29 is 42.1 Å². The summed E-state index contributed by atoms with van der Waals surface area (Å²) in [6.07, 6.45) is 15.9. The maximum absolute atomic E-state index is 6.57. The standard InChI is InChI=1S/C33H22N4.C6H4N.2Pt/c1-35-20-21-36(25-35)30-15-9-17-32(24-30)37(29-13-6-3-7-14-29)31-16-8-12-28(22-31)33-23-27(18-19-34-33)26-10-4-2-5-11-26;1-2-7-5-3-4-6-7;;/h2-10,13-21,25H,1H3;3-6H;;/q-6;-1;;+4. The average Bonchev–Trinajstić information content (AvgIpc) is 3.79. The van der Waals surface area contributed by atoms with E-state index in [0.29, 0.717) is 5.69 Å². The van der Waals surface area contributed by atoms with Crippen LogP contribution >= 0.6 is 0 Å². The molecule has 0 aliphatic carbocycles. The van der Waals surface area contributed by atoms with Crippen LogP contribution in [0.4, 0.5) is 22.7 Å². The van der Waals surface area contributed by atoms with Crippen LogP contribution in [0.5, 0.6) is 0 Å². The zero-order valence-electron chi connectivity index (χ0n) is 24.6. The summed E-state index contributed by atoms with van der Waals surface area (Å²) in [5.41, 5.74) is 7.04. The van der Waals surface area contributed by atoms with Crippen molar-refractivity contribution in [2.24, 2.45) is 0 Å². The molecule has 7 rings (SSSR count). The van der Waals surface area contributed by atoms with Gasteiger partial charge >= 0.3 is 21.1 Å². The van der Waals surface area contributed by atoms with E-state index < -0.39 is 0 Å². The Morgan fingerprint density at radius 3 is 2.24 bits per heavy atom. The molecule has 0 spiro atoms. The molecule has 7 heteroatoms. The van der Waals surface area contributed by atoms with Crippen LogP contribution in [0.25, 0.3) is 22.4 Å². The molecule has 0 saturated heterocycles. The molecular formula is C39H26N5Pt2-3. The maximum atomic E-state index is 6.57. The van der Waals surface area contributed by atoms with Crippen molar-refractivity contribution in [2.45, 2.75) is 0 Å². The number of anilines is 4. The van der Waals surface area contributed by atoms with Gasteiger partial charge in [0.2, 0.25) is 0 Å². The fourth-order valence-electron chi connectivity index (χ4n) is 4.61. The summed E-state index contributed by atoms with van der Waals surface area (Å²) >= 11 is 0. The smallest absolute Gasteiger partial charge is 0.669 e. The largest absolute Gasteiger partial charge is 4.00 e. The van der Waals surface area contributed by atoms with E-state index in [1.54, 1.807) is 23.2 Å². The van der Waals surface area contributed by atoms with Crippen LogP contribution in [-0.4, -0.2) is 21.5 Å². The van der Waals surface area contributed by atoms with E-state index in [0.717, 1.165) is 39.4 Å². The predicted octanol–water partition coefficient (Wildman–Crippen LogP) is 8.11. The Labute approximate surface area is 300 Å². The van der Waals surface area contributed by atoms with Crippen molar-refractivity contribution in [2.75, 3.05) is 16.8 Å². The molecule has 4 aromatic carbocycles. The van der Waals surface area contributed by atoms with E-state index in [1.807, 2.05) is 121 Å². The summed E-state index contributed by atoms with van der Waals surface area (Å²) in [6.45, 7) is 2.02. The van der Waals surface area contributed by atoms with Crippen LogP contribution in [0.2, 0.25) is 0 Å². The van der Waals surface area contributed by atoms with Gasteiger partial charge in [0.25, 0.3) is 0 Å². The predicted molar refractivity (Wildman–Crippen MR) is 175 cm³/mol. The number of aromatic nitrogens is 2. The number of benzene rings is 4. The molecular weight excluding hydrogens is 929 g/mol. The Balaban J connectivity index is 0.000000475. The van der Waals surface area contributed by atoms with Gasteiger partial charge in [-0.05, 0) is 49.9 Å². The van der Waals surface area contributed by atoms with E-state index in [1.165, 1.54) is 0 Å². The first-order chi connectivity index (χ1) is 21.7. The average molecular weight is 955 g/mol. The quantitative estimate of drug-likeness (QED) is 0.125. The van der Waals surface area contributed by atoms with Crippen LogP contribution in [0.3, 0.4) is 0 Å². The minimum Gasteiger partial charge on any atom is -0.669 e. The molecule has 3 heterocycles. The molecule has 0 bridgehead atoms. The fraction of sp³-hybridized carbons (Fsp3) is 0.0256. The molecule has 0 atom stereocenters. The minimum atomic E-state index is 0. The number of para-hydroxylation sites is 1. The number of hydrogen-bond acceptors (Lipinski definition) is 4. The van der Waals surface area contributed by atoms with Crippen molar-refractivity contribution in [1.29, 1.82) is 0 Å². The molecule has 46 heavy (non-hydrogen) atoms. The van der Waals surface area contributed by atoms with Gasteiger partial charge in [-0.1, -0.05) is 23.9 Å². The van der Waals surface area contributed by atoms with Gasteiger partial charge in [0.1, 0.15) is 0 Å². The molecule has 230 valence electrons. The number of nitrogens with zero attached hydrogens (tertiary/aromatic N) is 5. The molecule has 1 aliphatic heterocycles. The summed E-state index contributed by atoms with van der Waals surface area (Å²) in [5.74, 6) is 0. The van der Waals surface area contributed by atoms with Crippen molar-refractivity contribution in [3.05, 3.63) is 178 Å². The Kier molecular flexibility index (Phi) is 12.4. The second kappa shape index (κ2) is 16.6. The van der Waals surface area contributed by atoms with Crippen LogP contribution in [0.15, 0.2) is 134 Å². The molecule has 0 fully saturated rings. The zero-order valence-corrected chi connectivity index (χ0v) is 29.2. The summed E-state index contributed by atoms with van der Waals surface area (Å²) in [6, 6.07) is 53.1. The first-order valence-electron chi connectivity index (χ1n) is 13.9. The second-order valence-corrected chi connectivity index (χ2v) is 9.75. The first kappa shape index (κ1) is 34.3. The molecule has 6 aromatic rings. The van der Waals surface area contributed by atoms with Gasteiger partial charge in [-0.2, -0.15) is 48.8 Å². The van der Waals surface area contributed by atoms with Gasteiger partial charge in [0.15, 0.2) is 0 Å². The third-order valence-electron chi connectivity index (χ3n) is 6.70. The van der Waals surface area contributed by atoms with Crippen molar-refractivity contribution in [3.8, 4) is 28.4 Å². The van der Waals surface area contributed by atoms with Gasteiger partial charge in [-0.25, -0.2) is 29.3 Å². The molecule has 0 radical (unpaired) electrons. The second-order valence-electron chi connectivity index (χ2n) is 9.75. The normalized spacial score (nSPS) is 11.4. The van der Waals surface area contributed by atoms with Gasteiger partial charge in [-0.3, -0.25) is 6.07 Å². The molecule has 0 saturated carbocycles. The van der Waals surface area contributed by atoms with Crippen LogP contribution in [-0.2, 0) is 42.1 Å². The molecule has 0 unspecified atom stereocenters. The van der Waals surface area contributed by atoms with E-state index in [-0.39, 0.29) is 42.1 Å². The Morgan fingerprint density at radius 2 is 1.54 bits per heavy atom. The van der Waals surface area contributed by atoms with E-state index in [9.17, 15) is 0 Å². The molecule has 2 aromatic heterocycles. The first-order valence-corrected chi connectivity index (χ1v) is 13.9. The SMILES string of the molecule is CN1C=CN(c2[c-]c(N(c3[c-]c(-c4[c-]c(-c5[c-]cccc5)ccn4)[c-]cc3)c3ccccc3)ccc2)[CH-]1.[C-]#Cn1cccc1.[Pt+4].[Pt]. The maximum Gasteiger partial charge on any atom is 4.00 e. The van der Waals surface area contributed by atoms with Crippen LogP contribution in [0, 0.1) is 49.5 Å². The summed E-state index contributed by atoms with van der Waals surface area (Å²) in [4.78, 5) is 10.8. The molecule has 5 nitrogen and oxygen atoms in total. The Hall–Kier alpha value is -4.61. The van der Waals surface area contributed by atoms with E-state index >= 15 is 0 Å². The van der Waals surface area contributed by atoms with Crippen molar-refractivity contribution in [3.63, 3.8) is 0 Å². The molecule has 1 aliphatic rings. The number of hydrogen-bond donors (Lipinski definition) is 0. The molecule has 0 amide bonds. The number of rotatable bonds is 6. The minimum absolute atomic E-state index is 0. The van der Waals surface area contributed by atoms with E-state index in [4.69, 9.17) is 6.42 Å². The van der Waals surface area contributed by atoms with Crippen LogP contribution < -0.4 is 9.80 Å². The van der Waals surface area contributed by atoms with E-state index in [2.05, 4.69) is 64.5 Å². The summed E-state index contributed by atoms with van der Waals surface area (Å²) in [5, 5.41) is 0. The Morgan fingerprint density at radius 1 is 0.761 bits per heavy atom. The van der Waals surface area contributed by atoms with Gasteiger partial charge < -0.3 is 48.4 Å². The summed E-state index contributed by atoms with van der Waals surface area (Å²) < 4.78 is 1.54.